The summed E-state index contributed by atoms with van der Waals surface area (Å²) in [6.07, 6.45) is 10.3. The van der Waals surface area contributed by atoms with Crippen molar-refractivity contribution in [3.8, 4) is 0 Å². The molecule has 1 fully saturated rings. The second-order valence-corrected chi connectivity index (χ2v) is 8.90. The molecule has 1 saturated carbocycles. The minimum atomic E-state index is 0.276. The number of hydrogen-bond acceptors (Lipinski definition) is 2. The van der Waals surface area contributed by atoms with Crippen LogP contribution >= 0.6 is 0 Å². The molecule has 2 heteroatoms. The van der Waals surface area contributed by atoms with Crippen molar-refractivity contribution >= 4 is 12.4 Å². The molecular formula is C30H38N2. The van der Waals surface area contributed by atoms with E-state index in [1.165, 1.54) is 53.5 Å². The molecule has 4 rings (SSSR count). The predicted molar refractivity (Wildman–Crippen MR) is 140 cm³/mol. The number of nitrogens with zero attached hydrogens (tertiary/aromatic N) is 1. The van der Waals surface area contributed by atoms with Gasteiger partial charge in [-0.25, -0.2) is 0 Å². The van der Waals surface area contributed by atoms with Crippen molar-refractivity contribution in [3.05, 3.63) is 102 Å². The zero-order valence-electron chi connectivity index (χ0n) is 19.7. The Morgan fingerprint density at radius 2 is 1.75 bits per heavy atom. The summed E-state index contributed by atoms with van der Waals surface area (Å²) in [6, 6.07) is 19.1. The van der Waals surface area contributed by atoms with Crippen LogP contribution in [-0.2, 0) is 13.0 Å². The van der Waals surface area contributed by atoms with Gasteiger partial charge in [0.1, 0.15) is 0 Å². The molecule has 0 unspecified atom stereocenters. The van der Waals surface area contributed by atoms with Crippen LogP contribution in [0.15, 0.2) is 90.0 Å². The Bertz CT molecular complexity index is 946. The fourth-order valence-corrected chi connectivity index (χ4v) is 5.14. The van der Waals surface area contributed by atoms with Crippen LogP contribution in [0.25, 0.3) is 5.70 Å². The number of benzene rings is 2. The van der Waals surface area contributed by atoms with E-state index in [9.17, 15) is 0 Å². The van der Waals surface area contributed by atoms with E-state index in [4.69, 9.17) is 0 Å². The first-order chi connectivity index (χ1) is 15.6. The van der Waals surface area contributed by atoms with E-state index in [1.807, 2.05) is 12.1 Å². The van der Waals surface area contributed by atoms with Crippen molar-refractivity contribution in [2.45, 2.75) is 58.4 Å². The van der Waals surface area contributed by atoms with Gasteiger partial charge in [0, 0.05) is 17.5 Å². The van der Waals surface area contributed by atoms with Gasteiger partial charge in [0.25, 0.3) is 0 Å². The van der Waals surface area contributed by atoms with E-state index >= 15 is 0 Å². The average molecular weight is 427 g/mol. The number of fused-ring (bicyclic) bond motifs is 1. The Labute approximate surface area is 194 Å². The summed E-state index contributed by atoms with van der Waals surface area (Å²) in [6.45, 7) is 16.0. The summed E-state index contributed by atoms with van der Waals surface area (Å²) >= 11 is 0. The van der Waals surface area contributed by atoms with Gasteiger partial charge < -0.3 is 5.32 Å². The Morgan fingerprint density at radius 1 is 1.06 bits per heavy atom. The first-order valence-electron chi connectivity index (χ1n) is 12.0. The molecule has 32 heavy (non-hydrogen) atoms. The third-order valence-corrected chi connectivity index (χ3v) is 6.76. The average Bonchev–Trinajstić information content (AvgIpc) is 3.30. The van der Waals surface area contributed by atoms with E-state index < -0.39 is 0 Å². The second kappa shape index (κ2) is 11.8. The molecule has 2 aliphatic rings. The lowest BCUT2D eigenvalue weighted by Gasteiger charge is -2.39. The fourth-order valence-electron chi connectivity index (χ4n) is 5.14. The number of rotatable bonds is 8. The summed E-state index contributed by atoms with van der Waals surface area (Å²) in [7, 11) is 0. The van der Waals surface area contributed by atoms with Crippen LogP contribution in [0.4, 0.5) is 0 Å². The molecule has 0 heterocycles. The number of aliphatic imine (C=N–C) groups is 1. The first-order valence-corrected chi connectivity index (χ1v) is 12.0. The van der Waals surface area contributed by atoms with Gasteiger partial charge in [0.2, 0.25) is 0 Å². The zero-order valence-corrected chi connectivity index (χ0v) is 19.7. The summed E-state index contributed by atoms with van der Waals surface area (Å²) in [4.78, 5) is 4.43. The van der Waals surface area contributed by atoms with Gasteiger partial charge in [-0.2, -0.15) is 0 Å². The number of allylic oxidation sites excluding steroid dienone is 2. The van der Waals surface area contributed by atoms with E-state index in [2.05, 4.69) is 85.6 Å². The SMILES string of the molecule is C=CCCNCc1ccccc1.C=NC1=C(C(=C)CC)C2(CCCC2)Cc2ccccc21. The molecule has 2 aliphatic carbocycles. The van der Waals surface area contributed by atoms with Crippen LogP contribution in [-0.4, -0.2) is 13.3 Å². The molecule has 1 N–H and O–H groups in total. The molecule has 0 aliphatic heterocycles. The van der Waals surface area contributed by atoms with E-state index in [1.54, 1.807) is 0 Å². The zero-order chi connectivity index (χ0) is 22.8. The lowest BCUT2D eigenvalue weighted by atomic mass is 9.66. The van der Waals surface area contributed by atoms with Crippen molar-refractivity contribution < 1.29 is 0 Å². The second-order valence-electron chi connectivity index (χ2n) is 8.90. The van der Waals surface area contributed by atoms with E-state index in [0.717, 1.165) is 38.0 Å². The van der Waals surface area contributed by atoms with Crippen LogP contribution in [0.2, 0.25) is 0 Å². The number of hydrogen-bond donors (Lipinski definition) is 1. The van der Waals surface area contributed by atoms with Crippen LogP contribution < -0.4 is 5.32 Å². The molecule has 2 nitrogen and oxygen atoms in total. The van der Waals surface area contributed by atoms with Crippen LogP contribution in [0.1, 0.15) is 62.1 Å². The largest absolute Gasteiger partial charge is 0.312 e. The van der Waals surface area contributed by atoms with Gasteiger partial charge in [-0.3, -0.25) is 4.99 Å². The molecule has 0 bridgehead atoms. The predicted octanol–water partition coefficient (Wildman–Crippen LogP) is 7.53. The highest BCUT2D eigenvalue weighted by Crippen LogP contribution is 2.55. The normalized spacial score (nSPS) is 16.2. The maximum Gasteiger partial charge on any atom is 0.0737 e. The summed E-state index contributed by atoms with van der Waals surface area (Å²) in [5.41, 5.74) is 8.07. The van der Waals surface area contributed by atoms with Crippen molar-refractivity contribution in [1.29, 1.82) is 0 Å². The topological polar surface area (TPSA) is 24.4 Å². The summed E-state index contributed by atoms with van der Waals surface area (Å²) in [5, 5.41) is 3.33. The van der Waals surface area contributed by atoms with Crippen molar-refractivity contribution in [2.75, 3.05) is 6.54 Å². The van der Waals surface area contributed by atoms with Gasteiger partial charge in [-0.1, -0.05) is 87.0 Å². The summed E-state index contributed by atoms with van der Waals surface area (Å²) < 4.78 is 0. The fraction of sp³-hybridized carbons (Fsp3) is 0.367. The lowest BCUT2D eigenvalue weighted by molar-refractivity contribution is 0.364. The number of nitrogens with one attached hydrogen (secondary N) is 1. The Morgan fingerprint density at radius 3 is 2.41 bits per heavy atom. The molecule has 2 aromatic rings. The Kier molecular flexibility index (Phi) is 8.81. The molecule has 0 amide bonds. The minimum Gasteiger partial charge on any atom is -0.312 e. The molecule has 0 aromatic heterocycles. The molecule has 0 saturated heterocycles. The first kappa shape index (κ1) is 23.9. The standard InChI is InChI=1S/C19H23N.C11H15N/c1-4-14(2)17-18(20-3)16-10-6-5-9-15(16)13-19(17)11-7-8-12-19;1-2-3-9-12-10-11-7-5-4-6-8-11/h5-6,9-10H,2-4,7-8,11-13H2,1H3;2,4-8,12H,1,3,9-10H2. The maximum absolute atomic E-state index is 4.43. The van der Waals surface area contributed by atoms with Crippen LogP contribution in [0.5, 0.6) is 0 Å². The van der Waals surface area contributed by atoms with E-state index in [-0.39, 0.29) is 5.41 Å². The van der Waals surface area contributed by atoms with Gasteiger partial charge >= 0.3 is 0 Å². The smallest absolute Gasteiger partial charge is 0.0737 e. The highest BCUT2D eigenvalue weighted by atomic mass is 14.8. The van der Waals surface area contributed by atoms with Gasteiger partial charge in [-0.15, -0.1) is 6.58 Å². The van der Waals surface area contributed by atoms with E-state index in [0.29, 0.717) is 0 Å². The Hall–Kier alpha value is -2.71. The third-order valence-electron chi connectivity index (χ3n) is 6.76. The van der Waals surface area contributed by atoms with Crippen LogP contribution in [0, 0.1) is 5.41 Å². The molecule has 168 valence electrons. The highest BCUT2D eigenvalue weighted by molar-refractivity contribution is 5.79. The van der Waals surface area contributed by atoms with Crippen molar-refractivity contribution in [2.24, 2.45) is 10.4 Å². The lowest BCUT2D eigenvalue weighted by Crippen LogP contribution is -2.28. The van der Waals surface area contributed by atoms with Gasteiger partial charge in [0.05, 0.1) is 5.70 Å². The monoisotopic (exact) mass is 426 g/mol. The molecule has 2 aromatic carbocycles. The minimum absolute atomic E-state index is 0.276. The van der Waals surface area contributed by atoms with Crippen molar-refractivity contribution in [3.63, 3.8) is 0 Å². The van der Waals surface area contributed by atoms with Gasteiger partial charge in [-0.05, 0) is 67.6 Å². The molecule has 0 atom stereocenters. The van der Waals surface area contributed by atoms with Crippen molar-refractivity contribution in [1.82, 2.24) is 5.32 Å². The highest BCUT2D eigenvalue weighted by Gasteiger charge is 2.43. The Balaban J connectivity index is 0.000000207. The summed E-state index contributed by atoms with van der Waals surface area (Å²) in [5.74, 6) is 0. The quantitative estimate of drug-likeness (QED) is 0.263. The maximum atomic E-state index is 4.43. The van der Waals surface area contributed by atoms with Crippen LogP contribution in [0.3, 0.4) is 0 Å². The van der Waals surface area contributed by atoms with Gasteiger partial charge in [0.15, 0.2) is 0 Å². The third kappa shape index (κ3) is 5.55. The molecule has 1 spiro atoms. The molecule has 0 radical (unpaired) electrons. The molecular weight excluding hydrogens is 388 g/mol.